The molecule has 1 aliphatic heterocycles. The molecule has 0 radical (unpaired) electrons. The minimum atomic E-state index is 0.733. The standard InChI is InChI=1S/C15H16N4S/c16-9-13-4-5-14(20-13)11-17-12-3-6-15(18-10-12)19-7-1-2-8-19/h3-6,10,17H,1-2,7-8,11H2. The van der Waals surface area contributed by atoms with Crippen LogP contribution in [-0.4, -0.2) is 18.1 Å². The predicted octanol–water partition coefficient (Wildman–Crippen LogP) is 3.23. The zero-order chi connectivity index (χ0) is 13.8. The fraction of sp³-hybridized carbons (Fsp3) is 0.333. The molecule has 4 nitrogen and oxygen atoms in total. The van der Waals surface area contributed by atoms with Gasteiger partial charge in [0.1, 0.15) is 16.8 Å². The first-order valence-electron chi connectivity index (χ1n) is 6.79. The Morgan fingerprint density at radius 1 is 1.25 bits per heavy atom. The van der Waals surface area contributed by atoms with Crippen LogP contribution in [-0.2, 0) is 6.54 Å². The fourth-order valence-corrected chi connectivity index (χ4v) is 3.09. The molecule has 1 saturated heterocycles. The van der Waals surface area contributed by atoms with Gasteiger partial charge in [-0.1, -0.05) is 0 Å². The van der Waals surface area contributed by atoms with E-state index < -0.39 is 0 Å². The summed E-state index contributed by atoms with van der Waals surface area (Å²) in [6, 6.07) is 10.1. The molecule has 0 saturated carbocycles. The third-order valence-corrected chi connectivity index (χ3v) is 4.41. The highest BCUT2D eigenvalue weighted by Gasteiger charge is 2.12. The molecular formula is C15H16N4S. The molecule has 2 aromatic rings. The Morgan fingerprint density at radius 2 is 2.10 bits per heavy atom. The summed E-state index contributed by atoms with van der Waals surface area (Å²) in [7, 11) is 0. The lowest BCUT2D eigenvalue weighted by Crippen LogP contribution is -2.18. The van der Waals surface area contributed by atoms with E-state index in [1.807, 2.05) is 18.3 Å². The number of nitriles is 1. The molecule has 5 heteroatoms. The minimum absolute atomic E-state index is 0.733. The number of nitrogens with zero attached hydrogens (tertiary/aromatic N) is 3. The summed E-state index contributed by atoms with van der Waals surface area (Å²) < 4.78 is 0. The number of thiophene rings is 1. The topological polar surface area (TPSA) is 52.0 Å². The molecule has 102 valence electrons. The van der Waals surface area contributed by atoms with Crippen molar-refractivity contribution < 1.29 is 0 Å². The van der Waals surface area contributed by atoms with Crippen LogP contribution in [0.15, 0.2) is 30.5 Å². The molecule has 1 fully saturated rings. The van der Waals surface area contributed by atoms with E-state index in [9.17, 15) is 0 Å². The predicted molar refractivity (Wildman–Crippen MR) is 82.0 cm³/mol. The lowest BCUT2D eigenvalue weighted by atomic mass is 10.3. The summed E-state index contributed by atoms with van der Waals surface area (Å²) >= 11 is 1.52. The van der Waals surface area contributed by atoms with Crippen molar-refractivity contribution in [3.05, 3.63) is 40.2 Å². The average molecular weight is 284 g/mol. The van der Waals surface area contributed by atoms with Crippen LogP contribution in [0, 0.1) is 11.3 Å². The first-order valence-corrected chi connectivity index (χ1v) is 7.60. The first-order chi connectivity index (χ1) is 9.85. The molecule has 0 unspecified atom stereocenters. The molecule has 0 amide bonds. The first kappa shape index (κ1) is 12.9. The van der Waals surface area contributed by atoms with E-state index >= 15 is 0 Å². The maximum atomic E-state index is 8.80. The summed E-state index contributed by atoms with van der Waals surface area (Å²) in [6.07, 6.45) is 4.41. The minimum Gasteiger partial charge on any atom is -0.379 e. The number of rotatable bonds is 4. The van der Waals surface area contributed by atoms with E-state index in [2.05, 4.69) is 33.4 Å². The van der Waals surface area contributed by atoms with Gasteiger partial charge >= 0.3 is 0 Å². The molecule has 1 aliphatic rings. The van der Waals surface area contributed by atoms with Crippen LogP contribution >= 0.6 is 11.3 Å². The summed E-state index contributed by atoms with van der Waals surface area (Å²) in [5.41, 5.74) is 1.01. The van der Waals surface area contributed by atoms with E-state index in [-0.39, 0.29) is 0 Å². The van der Waals surface area contributed by atoms with Gasteiger partial charge in [0.25, 0.3) is 0 Å². The fourth-order valence-electron chi connectivity index (χ4n) is 2.35. The summed E-state index contributed by atoms with van der Waals surface area (Å²) in [4.78, 5) is 8.74. The van der Waals surface area contributed by atoms with Gasteiger partial charge in [0.05, 0.1) is 11.9 Å². The Hall–Kier alpha value is -2.06. The van der Waals surface area contributed by atoms with Crippen molar-refractivity contribution >= 4 is 22.8 Å². The summed E-state index contributed by atoms with van der Waals surface area (Å²) in [6.45, 7) is 2.97. The van der Waals surface area contributed by atoms with Gasteiger partial charge in [-0.25, -0.2) is 4.98 Å². The maximum Gasteiger partial charge on any atom is 0.128 e. The van der Waals surface area contributed by atoms with Gasteiger partial charge in [0, 0.05) is 24.5 Å². The van der Waals surface area contributed by atoms with E-state index in [0.29, 0.717) is 0 Å². The Bertz CT molecular complexity index is 606. The third-order valence-electron chi connectivity index (χ3n) is 3.42. The van der Waals surface area contributed by atoms with Gasteiger partial charge in [-0.3, -0.25) is 0 Å². The van der Waals surface area contributed by atoms with Crippen LogP contribution < -0.4 is 10.2 Å². The Balaban J connectivity index is 1.59. The van der Waals surface area contributed by atoms with Crippen molar-refractivity contribution in [2.24, 2.45) is 0 Å². The molecule has 3 rings (SSSR count). The van der Waals surface area contributed by atoms with E-state index in [1.165, 1.54) is 24.2 Å². The molecule has 0 atom stereocenters. The van der Waals surface area contributed by atoms with Crippen LogP contribution in [0.2, 0.25) is 0 Å². The number of pyridine rings is 1. The van der Waals surface area contributed by atoms with Crippen molar-refractivity contribution in [3.8, 4) is 6.07 Å². The number of hydrogen-bond acceptors (Lipinski definition) is 5. The highest BCUT2D eigenvalue weighted by atomic mass is 32.1. The second-order valence-corrected chi connectivity index (χ2v) is 6.00. The Labute approximate surface area is 122 Å². The highest BCUT2D eigenvalue weighted by Crippen LogP contribution is 2.20. The van der Waals surface area contributed by atoms with Crippen molar-refractivity contribution in [1.82, 2.24) is 4.98 Å². The molecule has 0 aromatic carbocycles. The molecule has 0 bridgehead atoms. The van der Waals surface area contributed by atoms with Gasteiger partial charge < -0.3 is 10.2 Å². The second-order valence-electron chi connectivity index (χ2n) is 4.83. The normalized spacial score (nSPS) is 14.2. The maximum absolute atomic E-state index is 8.80. The van der Waals surface area contributed by atoms with Gasteiger partial charge in [0.2, 0.25) is 0 Å². The largest absolute Gasteiger partial charge is 0.379 e. The Morgan fingerprint density at radius 3 is 2.75 bits per heavy atom. The van der Waals surface area contributed by atoms with E-state index in [0.717, 1.165) is 40.9 Å². The summed E-state index contributed by atoms with van der Waals surface area (Å²) in [5.74, 6) is 1.07. The SMILES string of the molecule is N#Cc1ccc(CNc2ccc(N3CCCC3)nc2)s1. The third kappa shape index (κ3) is 2.91. The quantitative estimate of drug-likeness (QED) is 0.936. The number of nitrogens with one attached hydrogen (secondary N) is 1. The number of anilines is 2. The van der Waals surface area contributed by atoms with Gasteiger partial charge in [-0.05, 0) is 37.1 Å². The van der Waals surface area contributed by atoms with Gasteiger partial charge in [-0.15, -0.1) is 11.3 Å². The number of hydrogen-bond donors (Lipinski definition) is 1. The van der Waals surface area contributed by atoms with E-state index in [1.54, 1.807) is 0 Å². The number of aromatic nitrogens is 1. The van der Waals surface area contributed by atoms with Crippen molar-refractivity contribution in [2.45, 2.75) is 19.4 Å². The lowest BCUT2D eigenvalue weighted by Gasteiger charge is -2.16. The van der Waals surface area contributed by atoms with Crippen LogP contribution in [0.25, 0.3) is 0 Å². The van der Waals surface area contributed by atoms with Crippen molar-refractivity contribution in [1.29, 1.82) is 5.26 Å². The molecule has 0 aliphatic carbocycles. The highest BCUT2D eigenvalue weighted by molar-refractivity contribution is 7.12. The lowest BCUT2D eigenvalue weighted by molar-refractivity contribution is 0.937. The smallest absolute Gasteiger partial charge is 0.128 e. The summed E-state index contributed by atoms with van der Waals surface area (Å²) in [5, 5.41) is 12.1. The van der Waals surface area contributed by atoms with Gasteiger partial charge in [-0.2, -0.15) is 5.26 Å². The molecule has 0 spiro atoms. The van der Waals surface area contributed by atoms with E-state index in [4.69, 9.17) is 5.26 Å². The monoisotopic (exact) mass is 284 g/mol. The van der Waals surface area contributed by atoms with Crippen LogP contribution in [0.3, 0.4) is 0 Å². The van der Waals surface area contributed by atoms with Crippen LogP contribution in [0.5, 0.6) is 0 Å². The average Bonchev–Trinajstić information content (AvgIpc) is 3.17. The van der Waals surface area contributed by atoms with Crippen molar-refractivity contribution in [2.75, 3.05) is 23.3 Å². The zero-order valence-corrected chi connectivity index (χ0v) is 12.0. The molecule has 2 aromatic heterocycles. The zero-order valence-electron chi connectivity index (χ0n) is 11.2. The van der Waals surface area contributed by atoms with Crippen LogP contribution in [0.1, 0.15) is 22.6 Å². The Kier molecular flexibility index (Phi) is 3.84. The second kappa shape index (κ2) is 5.93. The molecule has 1 N–H and O–H groups in total. The van der Waals surface area contributed by atoms with Crippen LogP contribution in [0.4, 0.5) is 11.5 Å². The molecular weight excluding hydrogens is 268 g/mol. The van der Waals surface area contributed by atoms with Gasteiger partial charge in [0.15, 0.2) is 0 Å². The van der Waals surface area contributed by atoms with Crippen molar-refractivity contribution in [3.63, 3.8) is 0 Å². The molecule has 3 heterocycles. The molecule has 20 heavy (non-hydrogen) atoms.